The third kappa shape index (κ3) is 4.16. The molecular weight excluding hydrogens is 370 g/mol. The van der Waals surface area contributed by atoms with Gasteiger partial charge in [-0.05, 0) is 12.8 Å². The number of imidazole rings is 1. The molecule has 12 nitrogen and oxygen atoms in total. The van der Waals surface area contributed by atoms with Crippen molar-refractivity contribution in [3.8, 4) is 0 Å². The fourth-order valence-corrected chi connectivity index (χ4v) is 3.17. The standard InChI is InChI=1S/C16H19N7O5/c17-13(25)11-2-1-3-23(11)15(27)10(4-8-6-18-7-19-8)20-14(26)9-5-12(24)22-16(28)21-9/h5-7,10-11H,1-4H2,(H2,17,25)(H,18,19)(H,20,26)(H2,21,22,24,28)/t10-,11+/m0/s1. The highest BCUT2D eigenvalue weighted by molar-refractivity contribution is 5.97. The molecule has 0 aliphatic carbocycles. The van der Waals surface area contributed by atoms with E-state index in [4.69, 9.17) is 5.73 Å². The third-order valence-corrected chi connectivity index (χ3v) is 4.45. The largest absolute Gasteiger partial charge is 0.368 e. The van der Waals surface area contributed by atoms with E-state index in [1.54, 1.807) is 0 Å². The van der Waals surface area contributed by atoms with Gasteiger partial charge in [-0.3, -0.25) is 24.2 Å². The van der Waals surface area contributed by atoms with E-state index in [9.17, 15) is 24.0 Å². The lowest BCUT2D eigenvalue weighted by Crippen LogP contribution is -2.53. The first-order valence-electron chi connectivity index (χ1n) is 8.56. The Kier molecular flexibility index (Phi) is 5.38. The molecule has 1 aliphatic heterocycles. The first-order valence-corrected chi connectivity index (χ1v) is 8.56. The molecule has 148 valence electrons. The number of carbonyl (C=O) groups excluding carboxylic acids is 3. The van der Waals surface area contributed by atoms with E-state index in [0.29, 0.717) is 25.1 Å². The summed E-state index contributed by atoms with van der Waals surface area (Å²) in [6.07, 6.45) is 4.06. The minimum Gasteiger partial charge on any atom is -0.368 e. The number of hydrogen-bond donors (Lipinski definition) is 5. The Labute approximate surface area is 157 Å². The highest BCUT2D eigenvalue weighted by atomic mass is 16.2. The number of rotatable bonds is 6. The van der Waals surface area contributed by atoms with Crippen molar-refractivity contribution in [2.24, 2.45) is 5.73 Å². The van der Waals surface area contributed by atoms with Crippen LogP contribution in [0.15, 0.2) is 28.2 Å². The lowest BCUT2D eigenvalue weighted by Gasteiger charge is -2.27. The average molecular weight is 389 g/mol. The number of nitrogens with two attached hydrogens (primary N) is 1. The molecule has 1 aliphatic rings. The Bertz CT molecular complexity index is 965. The summed E-state index contributed by atoms with van der Waals surface area (Å²) in [5.41, 5.74) is 4.07. The summed E-state index contributed by atoms with van der Waals surface area (Å²) in [5, 5.41) is 2.51. The fourth-order valence-electron chi connectivity index (χ4n) is 3.17. The Morgan fingerprint density at radius 3 is 2.75 bits per heavy atom. The van der Waals surface area contributed by atoms with Crippen LogP contribution in [0.5, 0.6) is 0 Å². The van der Waals surface area contributed by atoms with Crippen LogP contribution in [0.2, 0.25) is 0 Å². The van der Waals surface area contributed by atoms with E-state index >= 15 is 0 Å². The minimum absolute atomic E-state index is 0.0694. The molecule has 2 atom stereocenters. The van der Waals surface area contributed by atoms with E-state index in [1.165, 1.54) is 17.4 Å². The van der Waals surface area contributed by atoms with Crippen LogP contribution in [0.1, 0.15) is 29.0 Å². The summed E-state index contributed by atoms with van der Waals surface area (Å²) < 4.78 is 0. The predicted molar refractivity (Wildman–Crippen MR) is 95.2 cm³/mol. The first kappa shape index (κ1) is 19.1. The molecule has 2 aromatic rings. The van der Waals surface area contributed by atoms with Gasteiger partial charge in [-0.2, -0.15) is 0 Å². The monoisotopic (exact) mass is 389 g/mol. The van der Waals surface area contributed by atoms with Crippen LogP contribution in [-0.4, -0.2) is 61.2 Å². The molecule has 28 heavy (non-hydrogen) atoms. The molecule has 3 amide bonds. The molecule has 1 fully saturated rings. The molecule has 0 bridgehead atoms. The van der Waals surface area contributed by atoms with Crippen molar-refractivity contribution in [3.63, 3.8) is 0 Å². The summed E-state index contributed by atoms with van der Waals surface area (Å²) in [7, 11) is 0. The van der Waals surface area contributed by atoms with Crippen LogP contribution in [0.25, 0.3) is 0 Å². The van der Waals surface area contributed by atoms with Crippen molar-refractivity contribution in [2.45, 2.75) is 31.3 Å². The van der Waals surface area contributed by atoms with Crippen molar-refractivity contribution in [3.05, 3.63) is 50.8 Å². The van der Waals surface area contributed by atoms with Crippen molar-refractivity contribution in [1.82, 2.24) is 30.2 Å². The highest BCUT2D eigenvalue weighted by Gasteiger charge is 2.37. The number of nitrogens with zero attached hydrogens (tertiary/aromatic N) is 2. The first-order chi connectivity index (χ1) is 13.3. The second kappa shape index (κ2) is 7.90. The Morgan fingerprint density at radius 1 is 1.32 bits per heavy atom. The highest BCUT2D eigenvalue weighted by Crippen LogP contribution is 2.19. The molecular formula is C16H19N7O5. The SMILES string of the molecule is NC(=O)[C@H]1CCCN1C(=O)[C@H](Cc1cnc[nH]1)NC(=O)c1cc(=O)[nH]c(=O)[nH]1. The number of amides is 3. The van der Waals surface area contributed by atoms with E-state index in [2.05, 4.69) is 20.3 Å². The zero-order valence-corrected chi connectivity index (χ0v) is 14.7. The number of aromatic nitrogens is 4. The van der Waals surface area contributed by atoms with Gasteiger partial charge in [-0.15, -0.1) is 0 Å². The van der Waals surface area contributed by atoms with Crippen molar-refractivity contribution in [1.29, 1.82) is 0 Å². The third-order valence-electron chi connectivity index (χ3n) is 4.45. The Morgan fingerprint density at radius 2 is 2.11 bits per heavy atom. The van der Waals surface area contributed by atoms with E-state index in [0.717, 1.165) is 6.07 Å². The molecule has 1 saturated heterocycles. The van der Waals surface area contributed by atoms with E-state index in [1.807, 2.05) is 4.98 Å². The molecule has 6 N–H and O–H groups in total. The summed E-state index contributed by atoms with van der Waals surface area (Å²) in [6, 6.07) is -0.889. The normalized spacial score (nSPS) is 17.3. The van der Waals surface area contributed by atoms with Gasteiger partial charge in [0.2, 0.25) is 11.8 Å². The van der Waals surface area contributed by atoms with Gasteiger partial charge >= 0.3 is 5.69 Å². The summed E-state index contributed by atoms with van der Waals surface area (Å²) in [5.74, 6) is -1.91. The van der Waals surface area contributed by atoms with Gasteiger partial charge in [0.15, 0.2) is 0 Å². The van der Waals surface area contributed by atoms with Gasteiger partial charge < -0.3 is 25.9 Å². The summed E-state index contributed by atoms with van der Waals surface area (Å²) in [6.45, 7) is 0.337. The van der Waals surface area contributed by atoms with E-state index < -0.39 is 41.1 Å². The topological polar surface area (TPSA) is 187 Å². The number of carbonyl (C=O) groups is 3. The number of hydrogen-bond acceptors (Lipinski definition) is 6. The zero-order chi connectivity index (χ0) is 20.3. The number of likely N-dealkylation sites (tertiary alicyclic amines) is 1. The lowest BCUT2D eigenvalue weighted by atomic mass is 10.1. The maximum absolute atomic E-state index is 13.0. The molecule has 3 heterocycles. The van der Waals surface area contributed by atoms with Gasteiger partial charge in [-0.25, -0.2) is 9.78 Å². The van der Waals surface area contributed by atoms with Crippen molar-refractivity contribution in [2.75, 3.05) is 6.54 Å². The molecule has 0 radical (unpaired) electrons. The fraction of sp³-hybridized carbons (Fsp3) is 0.375. The minimum atomic E-state index is -1.06. The average Bonchev–Trinajstić information content (AvgIpc) is 3.31. The molecule has 0 spiro atoms. The number of primary amides is 1. The van der Waals surface area contributed by atoms with Gasteiger partial charge in [0.05, 0.1) is 6.33 Å². The maximum Gasteiger partial charge on any atom is 0.326 e. The molecule has 0 saturated carbocycles. The lowest BCUT2D eigenvalue weighted by molar-refractivity contribution is -0.138. The van der Waals surface area contributed by atoms with Crippen LogP contribution in [0.3, 0.4) is 0 Å². The molecule has 0 unspecified atom stereocenters. The number of H-pyrrole nitrogens is 3. The van der Waals surface area contributed by atoms with Gasteiger partial charge in [0, 0.05) is 30.9 Å². The van der Waals surface area contributed by atoms with Crippen molar-refractivity contribution >= 4 is 17.7 Å². The van der Waals surface area contributed by atoms with Crippen LogP contribution in [-0.2, 0) is 16.0 Å². The second-order valence-corrected chi connectivity index (χ2v) is 6.40. The van der Waals surface area contributed by atoms with Gasteiger partial charge in [0.25, 0.3) is 11.5 Å². The van der Waals surface area contributed by atoms with Crippen LogP contribution < -0.4 is 22.3 Å². The molecule has 12 heteroatoms. The molecule has 0 aromatic carbocycles. The Balaban J connectivity index is 1.85. The van der Waals surface area contributed by atoms with Gasteiger partial charge in [-0.1, -0.05) is 0 Å². The van der Waals surface area contributed by atoms with E-state index in [-0.39, 0.29) is 12.1 Å². The zero-order valence-electron chi connectivity index (χ0n) is 14.7. The molecule has 2 aromatic heterocycles. The summed E-state index contributed by atoms with van der Waals surface area (Å²) >= 11 is 0. The maximum atomic E-state index is 13.0. The molecule has 3 rings (SSSR count). The van der Waals surface area contributed by atoms with Gasteiger partial charge in [0.1, 0.15) is 17.8 Å². The summed E-state index contributed by atoms with van der Waals surface area (Å²) in [4.78, 5) is 72.2. The van der Waals surface area contributed by atoms with Crippen LogP contribution >= 0.6 is 0 Å². The second-order valence-electron chi connectivity index (χ2n) is 6.40. The predicted octanol–water partition coefficient (Wildman–Crippen LogP) is -2.40. The smallest absolute Gasteiger partial charge is 0.326 e. The van der Waals surface area contributed by atoms with Crippen molar-refractivity contribution < 1.29 is 14.4 Å². The van der Waals surface area contributed by atoms with Crippen LogP contribution in [0, 0.1) is 0 Å². The van der Waals surface area contributed by atoms with Crippen LogP contribution in [0.4, 0.5) is 0 Å². The quantitative estimate of drug-likeness (QED) is 0.366. The number of aromatic amines is 3. The number of nitrogens with one attached hydrogen (secondary N) is 4. The Hall–Kier alpha value is -3.70.